The van der Waals surface area contributed by atoms with Crippen LogP contribution in [-0.4, -0.2) is 18.7 Å². The number of thiol groups is 1. The SMILES string of the molecule is COc1c(C(=O)C(=O)c2cc(C(C)(C)C)cc(C(C)(C)P)c2OS)cc(C(C)(C)C)cc1C(C)(C)C. The molecule has 4 nitrogen and oxygen atoms in total. The van der Waals surface area contributed by atoms with E-state index in [4.69, 9.17) is 8.92 Å². The maximum Gasteiger partial charge on any atom is 0.237 e. The summed E-state index contributed by atoms with van der Waals surface area (Å²) in [6, 6.07) is 7.66. The molecule has 0 heterocycles. The molecule has 0 N–H and O–H groups in total. The van der Waals surface area contributed by atoms with E-state index in [2.05, 4.69) is 90.5 Å². The normalized spacial score (nSPS) is 12.9. The minimum atomic E-state index is -0.648. The Kier molecular flexibility index (Phi) is 8.56. The number of Topliss-reactive ketones (excluding diaryl/α,β-unsaturated/α-hetero) is 2. The van der Waals surface area contributed by atoms with E-state index in [1.54, 1.807) is 19.2 Å². The molecule has 0 aliphatic rings. The largest absolute Gasteiger partial charge is 0.496 e. The average molecular weight is 531 g/mol. The maximum atomic E-state index is 14.0. The molecule has 0 saturated carbocycles. The van der Waals surface area contributed by atoms with Gasteiger partial charge in [-0.1, -0.05) is 88.3 Å². The van der Waals surface area contributed by atoms with E-state index >= 15 is 0 Å². The molecule has 2 aromatic rings. The lowest BCUT2D eigenvalue weighted by atomic mass is 9.77. The maximum absolute atomic E-state index is 14.0. The van der Waals surface area contributed by atoms with Crippen molar-refractivity contribution >= 4 is 33.7 Å². The molecule has 6 heteroatoms. The summed E-state index contributed by atoms with van der Waals surface area (Å²) in [6.07, 6.45) is 0. The van der Waals surface area contributed by atoms with Gasteiger partial charge in [0.15, 0.2) is 5.75 Å². The van der Waals surface area contributed by atoms with Crippen molar-refractivity contribution in [3.8, 4) is 11.5 Å². The molecule has 0 aromatic heterocycles. The van der Waals surface area contributed by atoms with Crippen LogP contribution < -0.4 is 8.92 Å². The summed E-state index contributed by atoms with van der Waals surface area (Å²) in [5, 5.41) is -0.416. The van der Waals surface area contributed by atoms with Gasteiger partial charge in [-0.15, -0.1) is 9.24 Å². The molecule has 198 valence electrons. The Morgan fingerprint density at radius 1 is 0.667 bits per heavy atom. The lowest BCUT2D eigenvalue weighted by molar-refractivity contribution is 0.0813. The molecular weight excluding hydrogens is 487 g/mol. The standard InChI is InChI=1S/C30H43O4PS/c1-27(2,3)17-13-19(25(33-12)21(15-17)29(7,8)9)23(31)24(32)20-14-18(28(4,5)6)16-22(26(20)34-36)30(10,11)35/h13-16,36H,35H2,1-12H3. The summed E-state index contributed by atoms with van der Waals surface area (Å²) in [7, 11) is 4.32. The third-order valence-corrected chi connectivity index (χ3v) is 6.90. The number of benzene rings is 2. The number of ketones is 2. The smallest absolute Gasteiger partial charge is 0.237 e. The Balaban J connectivity index is 2.91. The van der Waals surface area contributed by atoms with Crippen LogP contribution in [0.1, 0.15) is 119 Å². The topological polar surface area (TPSA) is 52.6 Å². The highest BCUT2D eigenvalue weighted by Crippen LogP contribution is 2.43. The lowest BCUT2D eigenvalue weighted by Crippen LogP contribution is -2.24. The van der Waals surface area contributed by atoms with Crippen molar-refractivity contribution in [1.29, 1.82) is 0 Å². The number of rotatable bonds is 6. The van der Waals surface area contributed by atoms with Crippen molar-refractivity contribution in [3.05, 3.63) is 57.6 Å². The third kappa shape index (κ3) is 6.34. The van der Waals surface area contributed by atoms with Crippen LogP contribution in [0.4, 0.5) is 0 Å². The lowest BCUT2D eigenvalue weighted by Gasteiger charge is -2.29. The first-order valence-corrected chi connectivity index (χ1v) is 13.2. The fraction of sp³-hybridized carbons (Fsp3) is 0.533. The van der Waals surface area contributed by atoms with Gasteiger partial charge in [0.25, 0.3) is 0 Å². The predicted octanol–water partition coefficient (Wildman–Crippen LogP) is 7.99. The fourth-order valence-corrected chi connectivity index (χ4v) is 4.47. The number of hydrogen-bond donors (Lipinski definition) is 1. The van der Waals surface area contributed by atoms with Crippen LogP contribution in [0.15, 0.2) is 24.3 Å². The summed E-state index contributed by atoms with van der Waals surface area (Å²) >= 11 is 4.09. The van der Waals surface area contributed by atoms with Gasteiger partial charge < -0.3 is 8.92 Å². The summed E-state index contributed by atoms with van der Waals surface area (Å²) < 4.78 is 11.2. The second-order valence-electron chi connectivity index (χ2n) is 13.2. The molecule has 0 amide bonds. The van der Waals surface area contributed by atoms with Gasteiger partial charge in [-0.05, 0) is 39.5 Å². The van der Waals surface area contributed by atoms with E-state index < -0.39 is 16.7 Å². The summed E-state index contributed by atoms with van der Waals surface area (Å²) in [5.74, 6) is -0.550. The molecule has 0 aliphatic heterocycles. The van der Waals surface area contributed by atoms with Crippen LogP contribution in [0.5, 0.6) is 11.5 Å². The first kappa shape index (κ1) is 30.4. The van der Waals surface area contributed by atoms with Crippen LogP contribution in [0, 0.1) is 0 Å². The van der Waals surface area contributed by atoms with Gasteiger partial charge in [0, 0.05) is 29.2 Å². The Labute approximate surface area is 225 Å². The Bertz CT molecular complexity index is 1080. The molecule has 0 spiro atoms. The second kappa shape index (κ2) is 10.1. The van der Waals surface area contributed by atoms with Crippen LogP contribution in [0.25, 0.3) is 0 Å². The van der Waals surface area contributed by atoms with E-state index in [0.29, 0.717) is 11.5 Å². The Hall–Kier alpha value is -1.84. The first-order chi connectivity index (χ1) is 16.1. The second-order valence-corrected chi connectivity index (χ2v) is 14.9. The molecule has 0 fully saturated rings. The third-order valence-electron chi connectivity index (χ3n) is 6.40. The van der Waals surface area contributed by atoms with Gasteiger partial charge in [-0.2, -0.15) is 0 Å². The van der Waals surface area contributed by atoms with E-state index in [0.717, 1.165) is 22.3 Å². The van der Waals surface area contributed by atoms with E-state index in [1.165, 1.54) is 0 Å². The molecule has 1 unspecified atom stereocenters. The predicted molar refractivity (Wildman–Crippen MR) is 157 cm³/mol. The van der Waals surface area contributed by atoms with Gasteiger partial charge in [-0.25, -0.2) is 0 Å². The van der Waals surface area contributed by atoms with E-state index in [1.807, 2.05) is 19.9 Å². The highest BCUT2D eigenvalue weighted by Gasteiger charge is 2.34. The molecule has 2 aromatic carbocycles. The minimum absolute atomic E-state index is 0.202. The van der Waals surface area contributed by atoms with Gasteiger partial charge in [0.2, 0.25) is 11.6 Å². The molecular formula is C30H43O4PS. The van der Waals surface area contributed by atoms with Crippen LogP contribution in [0.2, 0.25) is 0 Å². The number of methoxy groups -OCH3 is 1. The molecule has 1 atom stereocenters. The molecule has 36 heavy (non-hydrogen) atoms. The molecule has 2 rings (SSSR count). The van der Waals surface area contributed by atoms with Gasteiger partial charge in [0.1, 0.15) is 5.75 Å². The quantitative estimate of drug-likeness (QED) is 0.135. The van der Waals surface area contributed by atoms with Crippen molar-refractivity contribution in [2.75, 3.05) is 7.11 Å². The number of carbonyl (C=O) groups excluding carboxylic acids is 2. The van der Waals surface area contributed by atoms with Crippen molar-refractivity contribution in [2.45, 2.75) is 97.6 Å². The van der Waals surface area contributed by atoms with Crippen molar-refractivity contribution < 1.29 is 18.5 Å². The average Bonchev–Trinajstić information content (AvgIpc) is 2.73. The summed E-state index contributed by atoms with van der Waals surface area (Å²) in [4.78, 5) is 27.9. The molecule has 0 radical (unpaired) electrons. The van der Waals surface area contributed by atoms with Crippen molar-refractivity contribution in [2.24, 2.45) is 0 Å². The van der Waals surface area contributed by atoms with Crippen molar-refractivity contribution in [1.82, 2.24) is 0 Å². The monoisotopic (exact) mass is 530 g/mol. The molecule has 0 bridgehead atoms. The van der Waals surface area contributed by atoms with E-state index in [-0.39, 0.29) is 27.4 Å². The van der Waals surface area contributed by atoms with E-state index in [9.17, 15) is 9.59 Å². The van der Waals surface area contributed by atoms with Gasteiger partial charge >= 0.3 is 0 Å². The summed E-state index contributed by atoms with van der Waals surface area (Å²) in [5.41, 5.74) is 3.26. The fourth-order valence-electron chi connectivity index (χ4n) is 4.06. The highest BCUT2D eigenvalue weighted by molar-refractivity contribution is 7.75. The van der Waals surface area contributed by atoms with Crippen LogP contribution >= 0.6 is 22.1 Å². The van der Waals surface area contributed by atoms with Gasteiger partial charge in [-0.3, -0.25) is 9.59 Å². The first-order valence-electron chi connectivity index (χ1n) is 12.3. The number of ether oxygens (including phenoxy) is 1. The minimum Gasteiger partial charge on any atom is -0.496 e. The Morgan fingerprint density at radius 2 is 1.06 bits per heavy atom. The molecule has 0 aliphatic carbocycles. The zero-order valence-electron chi connectivity index (χ0n) is 24.0. The van der Waals surface area contributed by atoms with Crippen molar-refractivity contribution in [3.63, 3.8) is 0 Å². The Morgan fingerprint density at radius 3 is 1.36 bits per heavy atom. The number of hydrogen-bond acceptors (Lipinski definition) is 5. The molecule has 0 saturated heterocycles. The summed E-state index contributed by atoms with van der Waals surface area (Å²) in [6.45, 7) is 22.7. The van der Waals surface area contributed by atoms with Crippen LogP contribution in [-0.2, 0) is 21.4 Å². The highest BCUT2D eigenvalue weighted by atomic mass is 32.1. The van der Waals surface area contributed by atoms with Crippen LogP contribution in [0.3, 0.4) is 0 Å². The zero-order valence-corrected chi connectivity index (χ0v) is 26.0. The zero-order chi connectivity index (χ0) is 28.0. The van der Waals surface area contributed by atoms with Gasteiger partial charge in [0.05, 0.1) is 18.2 Å². The number of carbonyl (C=O) groups is 2.